The van der Waals surface area contributed by atoms with Crippen molar-refractivity contribution in [1.82, 2.24) is 5.32 Å². The Morgan fingerprint density at radius 1 is 0.661 bits per heavy atom. The fraction of sp³-hybridized carbons (Fsp3) is 0.560. The number of benzene rings is 4. The van der Waals surface area contributed by atoms with Crippen molar-refractivity contribution in [3.63, 3.8) is 0 Å². The number of esters is 1. The second-order valence-corrected chi connectivity index (χ2v) is 23.0. The van der Waals surface area contributed by atoms with Gasteiger partial charge in [0.1, 0.15) is 18.2 Å². The van der Waals surface area contributed by atoms with E-state index in [0.717, 1.165) is 77.0 Å². The van der Waals surface area contributed by atoms with E-state index in [4.69, 9.17) is 13.9 Å². The van der Waals surface area contributed by atoms with E-state index in [-0.39, 0.29) is 30.4 Å². The fourth-order valence-electron chi connectivity index (χ4n) is 7.96. The van der Waals surface area contributed by atoms with Crippen LogP contribution in [0.3, 0.4) is 0 Å². The summed E-state index contributed by atoms with van der Waals surface area (Å²) in [5.74, 6) is -0.721. The maximum Gasteiger partial charge on any atom is 0.306 e. The maximum atomic E-state index is 13.2. The van der Waals surface area contributed by atoms with Crippen LogP contribution < -0.4 is 5.32 Å². The summed E-state index contributed by atoms with van der Waals surface area (Å²) in [6.45, 7) is 10.6. The number of nitrogens with one attached hydrogen (secondary N) is 1. The smallest absolute Gasteiger partial charge is 0.306 e. The molecule has 0 spiro atoms. The Bertz CT molecular complexity index is 1900. The van der Waals surface area contributed by atoms with Gasteiger partial charge in [-0.05, 0) is 89.3 Å². The van der Waals surface area contributed by atoms with Gasteiger partial charge in [0.15, 0.2) is 20.7 Å². The van der Waals surface area contributed by atoms with Gasteiger partial charge in [0.25, 0.3) is 0 Å². The highest BCUT2D eigenvalue weighted by atomic mass is 28.4. The van der Waals surface area contributed by atoms with Crippen LogP contribution in [0.5, 0.6) is 0 Å². The van der Waals surface area contributed by atoms with Crippen LogP contribution in [-0.2, 0) is 36.3 Å². The Balaban J connectivity index is 1.04. The SMILES string of the molecule is CC(C)(C)[Si](C)(C)OC[C@H]1O[C@@H](O)[C@H](NC(=O)CCCCCCCCc2cccc3ccccc23)[C@@H](OC(=O)CCCCCCCCc2cccc3ccccc23)[C@@H]1O. The predicted molar refractivity (Wildman–Crippen MR) is 242 cm³/mol. The van der Waals surface area contributed by atoms with Crippen LogP contribution in [0.2, 0.25) is 18.1 Å². The molecule has 1 aliphatic heterocycles. The van der Waals surface area contributed by atoms with Gasteiger partial charge < -0.3 is 29.4 Å². The van der Waals surface area contributed by atoms with Gasteiger partial charge in [-0.2, -0.15) is 0 Å². The molecule has 1 heterocycles. The average molecular weight is 826 g/mol. The summed E-state index contributed by atoms with van der Waals surface area (Å²) in [4.78, 5) is 26.4. The number of hydrogen-bond donors (Lipinski definition) is 3. The van der Waals surface area contributed by atoms with Crippen molar-refractivity contribution < 1.29 is 33.7 Å². The molecule has 1 aliphatic rings. The molecule has 3 N–H and O–H groups in total. The highest BCUT2D eigenvalue weighted by Crippen LogP contribution is 2.37. The third-order valence-electron chi connectivity index (χ3n) is 12.6. The standard InChI is InChI=1S/C50H71NO7Si/c1-50(2,3)59(4,5)56-36-43-47(54)48(58-45(53)35-17-13-9-7-11-15-25-38-29-23-31-40-27-19-21-33-42(38)40)46(49(55)57-43)51-44(52)34-16-12-8-6-10-14-24-37-28-22-30-39-26-18-20-32-41(37)39/h18-23,26-33,43,46-49,54-55H,6-17,24-25,34-36H2,1-5H3,(H,51,52)/t43-,46-,47-,48-,49-/m1/s1. The van der Waals surface area contributed by atoms with Crippen molar-refractivity contribution in [3.8, 4) is 0 Å². The van der Waals surface area contributed by atoms with Gasteiger partial charge in [-0.1, -0.05) is 157 Å². The Kier molecular flexibility index (Phi) is 18.0. The van der Waals surface area contributed by atoms with E-state index in [9.17, 15) is 19.8 Å². The van der Waals surface area contributed by atoms with E-state index >= 15 is 0 Å². The van der Waals surface area contributed by atoms with Crippen LogP contribution in [-0.4, -0.2) is 67.7 Å². The number of aliphatic hydroxyl groups excluding tert-OH is 2. The molecule has 0 unspecified atom stereocenters. The van der Waals surface area contributed by atoms with Crippen LogP contribution in [0.1, 0.15) is 122 Å². The number of carbonyl (C=O) groups is 2. The van der Waals surface area contributed by atoms with Crippen molar-refractivity contribution in [2.75, 3.05) is 6.61 Å². The zero-order valence-electron chi connectivity index (χ0n) is 36.4. The molecule has 0 bridgehead atoms. The summed E-state index contributed by atoms with van der Waals surface area (Å²) in [5, 5.41) is 30.7. The van der Waals surface area contributed by atoms with Gasteiger partial charge in [-0.25, -0.2) is 0 Å². The number of hydrogen-bond acceptors (Lipinski definition) is 7. The highest BCUT2D eigenvalue weighted by Gasteiger charge is 2.49. The van der Waals surface area contributed by atoms with Crippen LogP contribution in [0.4, 0.5) is 0 Å². The number of ether oxygens (including phenoxy) is 2. The summed E-state index contributed by atoms with van der Waals surface area (Å²) in [6.07, 6.45) is 9.74. The second kappa shape index (κ2) is 22.8. The van der Waals surface area contributed by atoms with Gasteiger partial charge in [0.05, 0.1) is 6.61 Å². The first-order valence-electron chi connectivity index (χ1n) is 22.4. The first-order valence-corrected chi connectivity index (χ1v) is 25.3. The first kappa shape index (κ1) is 46.5. The largest absolute Gasteiger partial charge is 0.457 e. The van der Waals surface area contributed by atoms with Gasteiger partial charge in [0.2, 0.25) is 5.91 Å². The lowest BCUT2D eigenvalue weighted by Crippen LogP contribution is -2.65. The van der Waals surface area contributed by atoms with E-state index in [1.807, 2.05) is 0 Å². The van der Waals surface area contributed by atoms with Crippen molar-refractivity contribution >= 4 is 41.7 Å². The predicted octanol–water partition coefficient (Wildman–Crippen LogP) is 10.7. The van der Waals surface area contributed by atoms with Crippen molar-refractivity contribution in [3.05, 3.63) is 96.1 Å². The minimum Gasteiger partial charge on any atom is -0.457 e. The zero-order valence-corrected chi connectivity index (χ0v) is 37.4. The molecule has 1 amide bonds. The van der Waals surface area contributed by atoms with Crippen LogP contribution >= 0.6 is 0 Å². The van der Waals surface area contributed by atoms with Crippen LogP contribution in [0, 0.1) is 0 Å². The zero-order chi connectivity index (χ0) is 42.3. The molecule has 1 fully saturated rings. The molecule has 0 saturated carbocycles. The van der Waals surface area contributed by atoms with E-state index in [0.29, 0.717) is 12.8 Å². The van der Waals surface area contributed by atoms with Crippen LogP contribution in [0.15, 0.2) is 84.9 Å². The molecule has 9 heteroatoms. The molecule has 5 atom stereocenters. The van der Waals surface area contributed by atoms with E-state index in [1.54, 1.807) is 0 Å². The molecule has 0 aromatic heterocycles. The lowest BCUT2D eigenvalue weighted by atomic mass is 9.96. The lowest BCUT2D eigenvalue weighted by Gasteiger charge is -2.44. The van der Waals surface area contributed by atoms with Crippen molar-refractivity contribution in [1.29, 1.82) is 0 Å². The van der Waals surface area contributed by atoms with Gasteiger partial charge in [0, 0.05) is 12.8 Å². The van der Waals surface area contributed by atoms with E-state index in [2.05, 4.69) is 124 Å². The molecule has 59 heavy (non-hydrogen) atoms. The summed E-state index contributed by atoms with van der Waals surface area (Å²) in [7, 11) is -2.21. The molecule has 0 aliphatic carbocycles. The first-order chi connectivity index (χ1) is 28.3. The Morgan fingerprint density at radius 2 is 1.14 bits per heavy atom. The van der Waals surface area contributed by atoms with Crippen molar-refractivity contribution in [2.24, 2.45) is 0 Å². The molecular weight excluding hydrogens is 755 g/mol. The molecule has 322 valence electrons. The number of fused-ring (bicyclic) bond motifs is 2. The molecule has 4 aromatic rings. The summed E-state index contributed by atoms with van der Waals surface area (Å²) >= 11 is 0. The lowest BCUT2D eigenvalue weighted by molar-refractivity contribution is -0.258. The minimum absolute atomic E-state index is 0.0475. The number of amides is 1. The molecule has 8 nitrogen and oxygen atoms in total. The average Bonchev–Trinajstić information content (AvgIpc) is 3.21. The normalized spacial score (nSPS) is 19.9. The Hall–Kier alpha value is -3.60. The van der Waals surface area contributed by atoms with E-state index in [1.165, 1.54) is 32.7 Å². The van der Waals surface area contributed by atoms with Gasteiger partial charge in [-0.15, -0.1) is 0 Å². The minimum atomic E-state index is -2.21. The highest BCUT2D eigenvalue weighted by molar-refractivity contribution is 6.74. The fourth-order valence-corrected chi connectivity index (χ4v) is 8.98. The van der Waals surface area contributed by atoms with Gasteiger partial charge in [-0.3, -0.25) is 9.59 Å². The number of rotatable bonds is 23. The van der Waals surface area contributed by atoms with Crippen molar-refractivity contribution in [2.45, 2.75) is 172 Å². The number of aryl methyl sites for hydroxylation is 2. The number of unbranched alkanes of at least 4 members (excludes halogenated alkanes) is 10. The van der Waals surface area contributed by atoms with E-state index < -0.39 is 44.9 Å². The number of carbonyl (C=O) groups excluding carboxylic acids is 2. The molecule has 0 radical (unpaired) electrons. The monoisotopic (exact) mass is 825 g/mol. The molecule has 4 aromatic carbocycles. The molecule has 1 saturated heterocycles. The number of aliphatic hydroxyl groups is 2. The summed E-state index contributed by atoms with van der Waals surface area (Å²) < 4.78 is 18.1. The Labute approximate surface area is 354 Å². The topological polar surface area (TPSA) is 114 Å². The third-order valence-corrected chi connectivity index (χ3v) is 17.1. The molecule has 5 rings (SSSR count). The molecular formula is C50H71NO7Si. The summed E-state index contributed by atoms with van der Waals surface area (Å²) in [6, 6.07) is 29.0. The maximum absolute atomic E-state index is 13.2. The summed E-state index contributed by atoms with van der Waals surface area (Å²) in [5.41, 5.74) is 2.79. The second-order valence-electron chi connectivity index (χ2n) is 18.2. The van der Waals surface area contributed by atoms with Crippen LogP contribution in [0.25, 0.3) is 21.5 Å². The third kappa shape index (κ3) is 14.0. The Morgan fingerprint density at radius 3 is 1.68 bits per heavy atom. The quantitative estimate of drug-likeness (QED) is 0.0388. The van der Waals surface area contributed by atoms with Gasteiger partial charge >= 0.3 is 5.97 Å².